The van der Waals surface area contributed by atoms with Crippen molar-refractivity contribution in [3.63, 3.8) is 0 Å². The Kier molecular flexibility index (Phi) is 8.37. The smallest absolute Gasteiger partial charge is 0.380 e. The molecule has 2 aromatic heterocycles. The van der Waals surface area contributed by atoms with Crippen molar-refractivity contribution in [3.05, 3.63) is 107 Å². The van der Waals surface area contributed by atoms with E-state index < -0.39 is 45.5 Å². The molecular weight excluding hydrogens is 706 g/mol. The van der Waals surface area contributed by atoms with Crippen molar-refractivity contribution in [1.29, 1.82) is 0 Å². The van der Waals surface area contributed by atoms with E-state index in [9.17, 15) is 0 Å². The summed E-state index contributed by atoms with van der Waals surface area (Å²) in [7, 11) is 2.79. The van der Waals surface area contributed by atoms with Crippen LogP contribution >= 0.6 is 0 Å². The molecule has 3 aromatic carbocycles. The monoisotopic (exact) mass is 748 g/mol. The third-order valence-corrected chi connectivity index (χ3v) is 10.7. The van der Waals surface area contributed by atoms with Crippen LogP contribution in [0, 0.1) is 5.41 Å². The molecule has 0 saturated carbocycles. The Balaban J connectivity index is 1.62. The summed E-state index contributed by atoms with van der Waals surface area (Å²) in [5.41, 5.74) is -3.79. The minimum atomic E-state index is -5.84. The Morgan fingerprint density at radius 2 is 1.17 bits per heavy atom. The SMILES string of the molecule is COc1ccc2c(C3=C(c4c(C5(C)C=CC(C(C)(C)C)=CC5)oc5cc(OC)ccc45)C(F)(F)C(F)(F)C3(F)F)c(-c3ccc(C(C)(C)C)cc3)oc2c1. The lowest BCUT2D eigenvalue weighted by molar-refractivity contribution is -0.254. The summed E-state index contributed by atoms with van der Waals surface area (Å²) in [5.74, 6) is -16.4. The van der Waals surface area contributed by atoms with E-state index in [1.165, 1.54) is 50.6 Å². The Labute approximate surface area is 310 Å². The highest BCUT2D eigenvalue weighted by atomic mass is 19.3. The standard InChI is InChI=1S/C44H42F6O4/c1-39(2,3)25-12-10-24(11-13-25)37-33(29-16-14-27(51-8)22-31(29)53-37)35-36(43(47,48)44(49,50)42(35,45)46)34-30-17-15-28(52-9)23-32(30)54-38(34)41(7)20-18-26(19-21-41)40(4,5)6/h10-20,22-23H,21H2,1-9H3. The van der Waals surface area contributed by atoms with E-state index in [1.54, 1.807) is 37.3 Å². The number of hydrogen-bond acceptors (Lipinski definition) is 4. The van der Waals surface area contributed by atoms with E-state index in [0.29, 0.717) is 5.75 Å². The van der Waals surface area contributed by atoms with E-state index in [0.717, 1.165) is 11.1 Å². The van der Waals surface area contributed by atoms with Crippen LogP contribution in [-0.4, -0.2) is 32.0 Å². The molecule has 0 fully saturated rings. The fraction of sp³-hybridized carbons (Fsp3) is 0.364. The highest BCUT2D eigenvalue weighted by Gasteiger charge is 2.81. The van der Waals surface area contributed by atoms with Crippen molar-refractivity contribution in [3.8, 4) is 22.8 Å². The number of hydrogen-bond donors (Lipinski definition) is 0. The van der Waals surface area contributed by atoms with E-state index in [4.69, 9.17) is 18.3 Å². The van der Waals surface area contributed by atoms with Gasteiger partial charge in [0.2, 0.25) is 0 Å². The topological polar surface area (TPSA) is 44.7 Å². The number of allylic oxidation sites excluding steroid dienone is 6. The van der Waals surface area contributed by atoms with Crippen LogP contribution in [0.3, 0.4) is 0 Å². The number of benzene rings is 3. The van der Waals surface area contributed by atoms with Gasteiger partial charge >= 0.3 is 17.8 Å². The van der Waals surface area contributed by atoms with Gasteiger partial charge in [-0.15, -0.1) is 0 Å². The van der Waals surface area contributed by atoms with Gasteiger partial charge in [0.1, 0.15) is 34.2 Å². The number of fused-ring (bicyclic) bond motifs is 2. The second-order valence-corrected chi connectivity index (χ2v) is 16.5. The van der Waals surface area contributed by atoms with Crippen LogP contribution < -0.4 is 9.47 Å². The van der Waals surface area contributed by atoms with Gasteiger partial charge in [-0.2, -0.15) is 26.3 Å². The maximum Gasteiger partial charge on any atom is 0.380 e. The van der Waals surface area contributed by atoms with Crippen LogP contribution in [0.15, 0.2) is 93.3 Å². The van der Waals surface area contributed by atoms with Crippen molar-refractivity contribution < 1.29 is 44.7 Å². The molecule has 0 bridgehead atoms. The van der Waals surface area contributed by atoms with Gasteiger partial charge in [0.15, 0.2) is 0 Å². The first-order valence-electron chi connectivity index (χ1n) is 17.7. The van der Waals surface area contributed by atoms with Crippen LogP contribution in [0.25, 0.3) is 44.4 Å². The number of methoxy groups -OCH3 is 2. The summed E-state index contributed by atoms with van der Waals surface area (Å²) in [6.07, 6.45) is 5.75. The Morgan fingerprint density at radius 1 is 0.648 bits per heavy atom. The minimum Gasteiger partial charge on any atom is -0.497 e. The zero-order valence-electron chi connectivity index (χ0n) is 31.6. The summed E-state index contributed by atoms with van der Waals surface area (Å²) in [4.78, 5) is 0. The molecule has 5 aromatic rings. The van der Waals surface area contributed by atoms with Gasteiger partial charge in [-0.3, -0.25) is 0 Å². The Bertz CT molecular complexity index is 2390. The van der Waals surface area contributed by atoms with Crippen molar-refractivity contribution in [1.82, 2.24) is 0 Å². The predicted molar refractivity (Wildman–Crippen MR) is 200 cm³/mol. The molecule has 0 radical (unpaired) electrons. The lowest BCUT2D eigenvalue weighted by Crippen LogP contribution is -2.49. The summed E-state index contributed by atoms with van der Waals surface area (Å²) >= 11 is 0. The highest BCUT2D eigenvalue weighted by Crippen LogP contribution is 2.67. The van der Waals surface area contributed by atoms with Gasteiger partial charge in [0, 0.05) is 56.2 Å². The Hall–Kier alpha value is -4.86. The molecule has 0 saturated heterocycles. The number of halogens is 6. The first-order chi connectivity index (χ1) is 25.1. The summed E-state index contributed by atoms with van der Waals surface area (Å²) < 4.78 is 123. The number of ether oxygens (including phenoxy) is 2. The summed E-state index contributed by atoms with van der Waals surface area (Å²) in [6.45, 7) is 13.7. The largest absolute Gasteiger partial charge is 0.497 e. The minimum absolute atomic E-state index is 0.00976. The van der Waals surface area contributed by atoms with Gasteiger partial charge in [-0.05, 0) is 59.6 Å². The quantitative estimate of drug-likeness (QED) is 0.162. The molecule has 10 heteroatoms. The second kappa shape index (κ2) is 12.1. The lowest BCUT2D eigenvalue weighted by Gasteiger charge is -2.32. The van der Waals surface area contributed by atoms with Gasteiger partial charge in [0.05, 0.1) is 14.2 Å². The highest BCUT2D eigenvalue weighted by molar-refractivity contribution is 6.13. The predicted octanol–water partition coefficient (Wildman–Crippen LogP) is 13.2. The maximum absolute atomic E-state index is 16.9. The molecule has 2 aliphatic carbocycles. The van der Waals surface area contributed by atoms with Crippen molar-refractivity contribution in [2.75, 3.05) is 14.2 Å². The third kappa shape index (κ3) is 5.50. The van der Waals surface area contributed by atoms with Crippen molar-refractivity contribution in [2.24, 2.45) is 5.41 Å². The first-order valence-corrected chi connectivity index (χ1v) is 17.7. The Morgan fingerprint density at radius 3 is 1.65 bits per heavy atom. The fourth-order valence-electron chi connectivity index (χ4n) is 7.48. The first kappa shape index (κ1) is 37.5. The zero-order valence-corrected chi connectivity index (χ0v) is 31.6. The van der Waals surface area contributed by atoms with Gasteiger partial charge < -0.3 is 18.3 Å². The van der Waals surface area contributed by atoms with Crippen molar-refractivity contribution >= 4 is 33.1 Å². The molecule has 7 rings (SSSR count). The van der Waals surface area contributed by atoms with E-state index in [1.807, 2.05) is 53.7 Å². The van der Waals surface area contributed by atoms with Crippen LogP contribution in [0.1, 0.15) is 77.3 Å². The molecule has 1 atom stereocenters. The average molecular weight is 749 g/mol. The zero-order chi connectivity index (χ0) is 39.4. The maximum atomic E-state index is 16.9. The molecule has 1 unspecified atom stereocenters. The van der Waals surface area contributed by atoms with E-state index in [-0.39, 0.29) is 62.0 Å². The molecule has 0 amide bonds. The van der Waals surface area contributed by atoms with Crippen LogP contribution in [0.5, 0.6) is 11.5 Å². The van der Waals surface area contributed by atoms with Gasteiger partial charge in [-0.25, -0.2) is 0 Å². The summed E-state index contributed by atoms with van der Waals surface area (Å²) in [6, 6.07) is 15.2. The normalized spacial score (nSPS) is 20.9. The molecular formula is C44H42F6O4. The van der Waals surface area contributed by atoms with Crippen molar-refractivity contribution in [2.45, 2.75) is 83.5 Å². The van der Waals surface area contributed by atoms with E-state index >= 15 is 26.3 Å². The van der Waals surface area contributed by atoms with Gasteiger partial charge in [-0.1, -0.05) is 84.0 Å². The molecule has 0 N–H and O–H groups in total. The molecule has 54 heavy (non-hydrogen) atoms. The number of alkyl halides is 6. The molecule has 0 spiro atoms. The molecule has 4 nitrogen and oxygen atoms in total. The second-order valence-electron chi connectivity index (χ2n) is 16.5. The third-order valence-electron chi connectivity index (χ3n) is 10.7. The van der Waals surface area contributed by atoms with Gasteiger partial charge in [0.25, 0.3) is 0 Å². The summed E-state index contributed by atoms with van der Waals surface area (Å²) in [5, 5.41) is -0.110. The van der Waals surface area contributed by atoms with E-state index in [2.05, 4.69) is 0 Å². The number of rotatable bonds is 6. The van der Waals surface area contributed by atoms with Crippen LogP contribution in [-0.2, 0) is 10.8 Å². The number of furan rings is 2. The van der Waals surface area contributed by atoms with Crippen LogP contribution in [0.4, 0.5) is 26.3 Å². The molecule has 2 aliphatic rings. The molecule has 284 valence electrons. The molecule has 0 aliphatic heterocycles. The molecule has 2 heterocycles. The van der Waals surface area contributed by atoms with Crippen LogP contribution in [0.2, 0.25) is 0 Å². The fourth-order valence-corrected chi connectivity index (χ4v) is 7.48. The average Bonchev–Trinajstić information content (AvgIpc) is 3.70. The lowest BCUT2D eigenvalue weighted by atomic mass is 9.73.